The lowest BCUT2D eigenvalue weighted by molar-refractivity contribution is -0.124. The van der Waals surface area contributed by atoms with Gasteiger partial charge in [-0.2, -0.15) is 4.31 Å². The molecule has 1 amide bonds. The fourth-order valence-corrected chi connectivity index (χ4v) is 4.83. The maximum atomic E-state index is 13.1. The van der Waals surface area contributed by atoms with Crippen LogP contribution in [0.3, 0.4) is 0 Å². The van der Waals surface area contributed by atoms with Crippen molar-refractivity contribution in [3.63, 3.8) is 0 Å². The molecule has 0 saturated carbocycles. The first kappa shape index (κ1) is 18.8. The summed E-state index contributed by atoms with van der Waals surface area (Å²) in [6.07, 6.45) is 1.03. The number of sulfonamides is 1. The van der Waals surface area contributed by atoms with Crippen LogP contribution >= 0.6 is 11.6 Å². The Labute approximate surface area is 156 Å². The number of carbonyl (C=O) groups is 1. The van der Waals surface area contributed by atoms with E-state index in [1.54, 1.807) is 18.2 Å². The molecule has 1 N–H and O–H groups in total. The summed E-state index contributed by atoms with van der Waals surface area (Å²) in [4.78, 5) is 12.5. The molecule has 8 heteroatoms. The average molecular weight is 397 g/mol. The topological polar surface area (TPSA) is 66.5 Å². The van der Waals surface area contributed by atoms with Crippen LogP contribution < -0.4 is 5.32 Å². The van der Waals surface area contributed by atoms with Crippen LogP contribution in [0.4, 0.5) is 4.39 Å². The lowest BCUT2D eigenvalue weighted by Crippen LogP contribution is -2.45. The van der Waals surface area contributed by atoms with Gasteiger partial charge in [0.15, 0.2) is 0 Å². The van der Waals surface area contributed by atoms with E-state index in [1.165, 1.54) is 16.4 Å². The van der Waals surface area contributed by atoms with Gasteiger partial charge < -0.3 is 5.32 Å². The summed E-state index contributed by atoms with van der Waals surface area (Å²) in [6, 6.07) is 10.9. The van der Waals surface area contributed by atoms with Crippen LogP contribution in [0.15, 0.2) is 53.4 Å². The molecule has 1 fully saturated rings. The Morgan fingerprint density at radius 2 is 1.88 bits per heavy atom. The van der Waals surface area contributed by atoms with Crippen molar-refractivity contribution in [1.82, 2.24) is 9.62 Å². The molecule has 0 aliphatic carbocycles. The Morgan fingerprint density at radius 1 is 1.19 bits per heavy atom. The molecule has 1 heterocycles. The highest BCUT2D eigenvalue weighted by Gasteiger charge is 2.39. The number of hydrogen-bond donors (Lipinski definition) is 1. The summed E-state index contributed by atoms with van der Waals surface area (Å²) in [6.45, 7) is 0.476. The third-order valence-corrected chi connectivity index (χ3v) is 6.63. The Morgan fingerprint density at radius 3 is 2.58 bits per heavy atom. The Balaban J connectivity index is 1.74. The number of amides is 1. The quantitative estimate of drug-likeness (QED) is 0.845. The Hall–Kier alpha value is -1.96. The molecule has 26 heavy (non-hydrogen) atoms. The van der Waals surface area contributed by atoms with E-state index in [2.05, 4.69) is 5.32 Å². The fourth-order valence-electron chi connectivity index (χ4n) is 2.97. The molecule has 3 rings (SSSR count). The highest BCUT2D eigenvalue weighted by molar-refractivity contribution is 7.89. The van der Waals surface area contributed by atoms with Gasteiger partial charge in [-0.15, -0.1) is 0 Å². The van der Waals surface area contributed by atoms with E-state index >= 15 is 0 Å². The Bertz CT molecular complexity index is 903. The zero-order valence-electron chi connectivity index (χ0n) is 13.9. The molecule has 2 aromatic carbocycles. The van der Waals surface area contributed by atoms with Gasteiger partial charge >= 0.3 is 0 Å². The second-order valence-corrected chi connectivity index (χ2v) is 8.33. The van der Waals surface area contributed by atoms with E-state index in [0.717, 1.165) is 17.7 Å². The molecule has 2 aromatic rings. The highest BCUT2D eigenvalue weighted by atomic mass is 35.5. The molecule has 1 atom stereocenters. The largest absolute Gasteiger partial charge is 0.351 e. The predicted octanol–water partition coefficient (Wildman–Crippen LogP) is 2.95. The molecule has 1 aliphatic heterocycles. The number of rotatable bonds is 5. The Kier molecular flexibility index (Phi) is 5.60. The van der Waals surface area contributed by atoms with E-state index in [4.69, 9.17) is 11.6 Å². The van der Waals surface area contributed by atoms with E-state index < -0.39 is 21.9 Å². The van der Waals surface area contributed by atoms with Gasteiger partial charge in [-0.1, -0.05) is 29.8 Å². The molecule has 0 unspecified atom stereocenters. The minimum Gasteiger partial charge on any atom is -0.351 e. The number of nitrogens with one attached hydrogen (secondary N) is 1. The van der Waals surface area contributed by atoms with Crippen LogP contribution in [0.2, 0.25) is 5.02 Å². The summed E-state index contributed by atoms with van der Waals surface area (Å²) in [5, 5.41) is 3.29. The molecule has 138 valence electrons. The minimum absolute atomic E-state index is 0.0234. The molecule has 0 radical (unpaired) electrons. The second-order valence-electron chi connectivity index (χ2n) is 6.04. The van der Waals surface area contributed by atoms with Crippen molar-refractivity contribution in [2.45, 2.75) is 30.3 Å². The van der Waals surface area contributed by atoms with Gasteiger partial charge in [-0.25, -0.2) is 12.8 Å². The molecule has 5 nitrogen and oxygen atoms in total. The maximum Gasteiger partial charge on any atom is 0.243 e. The lowest BCUT2D eigenvalue weighted by Gasteiger charge is -2.23. The zero-order chi connectivity index (χ0) is 18.7. The van der Waals surface area contributed by atoms with Crippen LogP contribution in [0.5, 0.6) is 0 Å². The summed E-state index contributed by atoms with van der Waals surface area (Å²) in [7, 11) is -3.86. The first-order valence-electron chi connectivity index (χ1n) is 8.18. The predicted molar refractivity (Wildman–Crippen MR) is 96.6 cm³/mol. The van der Waals surface area contributed by atoms with E-state index in [0.29, 0.717) is 17.9 Å². The summed E-state index contributed by atoms with van der Waals surface area (Å²) in [5.74, 6) is -0.882. The van der Waals surface area contributed by atoms with E-state index in [1.807, 2.05) is 6.07 Å². The van der Waals surface area contributed by atoms with Gasteiger partial charge in [-0.3, -0.25) is 4.79 Å². The number of benzene rings is 2. The van der Waals surface area contributed by atoms with E-state index in [-0.39, 0.29) is 23.9 Å². The van der Waals surface area contributed by atoms with Crippen molar-refractivity contribution >= 4 is 27.5 Å². The van der Waals surface area contributed by atoms with Gasteiger partial charge in [0, 0.05) is 18.1 Å². The van der Waals surface area contributed by atoms with Crippen molar-refractivity contribution in [2.24, 2.45) is 0 Å². The van der Waals surface area contributed by atoms with Crippen molar-refractivity contribution in [3.8, 4) is 0 Å². The normalized spacial score (nSPS) is 18.0. The van der Waals surface area contributed by atoms with Crippen LogP contribution in [0.1, 0.15) is 18.4 Å². The van der Waals surface area contributed by atoms with Crippen LogP contribution in [-0.4, -0.2) is 31.2 Å². The minimum atomic E-state index is -3.86. The van der Waals surface area contributed by atoms with Crippen molar-refractivity contribution in [2.75, 3.05) is 6.54 Å². The molecular formula is C18H18ClFN2O3S. The third-order valence-electron chi connectivity index (χ3n) is 4.34. The standard InChI is InChI=1S/C18H18ClFN2O3S/c19-16-5-2-1-4-13(16)12-21-18(23)17-6-3-11-22(17)26(24,25)15-9-7-14(20)8-10-15/h1-2,4-5,7-10,17H,3,6,11-12H2,(H,21,23)/t17-/m0/s1. The van der Waals surface area contributed by atoms with Crippen LogP contribution in [0.25, 0.3) is 0 Å². The molecule has 0 spiro atoms. The molecule has 1 saturated heterocycles. The molecule has 0 aromatic heterocycles. The number of hydrogen-bond acceptors (Lipinski definition) is 3. The van der Waals surface area contributed by atoms with Gasteiger partial charge in [0.1, 0.15) is 11.9 Å². The first-order valence-corrected chi connectivity index (χ1v) is 10.00. The number of carbonyl (C=O) groups excluding carboxylic acids is 1. The van der Waals surface area contributed by atoms with Gasteiger partial charge in [-0.05, 0) is 48.7 Å². The summed E-state index contributed by atoms with van der Waals surface area (Å²) in [5.41, 5.74) is 0.758. The SMILES string of the molecule is O=C(NCc1ccccc1Cl)[C@@H]1CCCN1S(=O)(=O)c1ccc(F)cc1. The van der Waals surface area contributed by atoms with Crippen molar-refractivity contribution in [1.29, 1.82) is 0 Å². The first-order chi connectivity index (χ1) is 12.4. The van der Waals surface area contributed by atoms with Gasteiger partial charge in [0.25, 0.3) is 0 Å². The van der Waals surface area contributed by atoms with Crippen molar-refractivity contribution < 1.29 is 17.6 Å². The van der Waals surface area contributed by atoms with Gasteiger partial charge in [0.05, 0.1) is 4.90 Å². The molecular weight excluding hydrogens is 379 g/mol. The number of halogens is 2. The molecule has 1 aliphatic rings. The summed E-state index contributed by atoms with van der Waals surface area (Å²) < 4.78 is 39.8. The highest BCUT2D eigenvalue weighted by Crippen LogP contribution is 2.26. The summed E-state index contributed by atoms with van der Waals surface area (Å²) >= 11 is 6.07. The smallest absolute Gasteiger partial charge is 0.243 e. The molecule has 0 bridgehead atoms. The second kappa shape index (κ2) is 7.73. The van der Waals surface area contributed by atoms with Gasteiger partial charge in [0.2, 0.25) is 15.9 Å². The van der Waals surface area contributed by atoms with Crippen LogP contribution in [0, 0.1) is 5.82 Å². The monoisotopic (exact) mass is 396 g/mol. The zero-order valence-corrected chi connectivity index (χ0v) is 15.4. The van der Waals surface area contributed by atoms with Crippen LogP contribution in [-0.2, 0) is 21.4 Å². The maximum absolute atomic E-state index is 13.1. The van der Waals surface area contributed by atoms with Crippen molar-refractivity contribution in [3.05, 3.63) is 64.9 Å². The third kappa shape index (κ3) is 3.90. The average Bonchev–Trinajstić information content (AvgIpc) is 3.12. The van der Waals surface area contributed by atoms with E-state index in [9.17, 15) is 17.6 Å². The number of nitrogens with zero attached hydrogens (tertiary/aromatic N) is 1. The lowest BCUT2D eigenvalue weighted by atomic mass is 10.2. The fraction of sp³-hybridized carbons (Fsp3) is 0.278.